The normalized spacial score (nSPS) is 15.0. The molecule has 0 spiro atoms. The number of ketones is 1. The number of H-pyrrole nitrogens is 1. The lowest BCUT2D eigenvalue weighted by molar-refractivity contribution is 0.0730. The highest BCUT2D eigenvalue weighted by Crippen LogP contribution is 2.27. The molecule has 0 bridgehead atoms. The first-order valence-electron chi connectivity index (χ1n) is 10.8. The molecule has 0 saturated carbocycles. The topological polar surface area (TPSA) is 122 Å². The van der Waals surface area contributed by atoms with Crippen molar-refractivity contribution in [2.24, 2.45) is 7.05 Å². The zero-order chi connectivity index (χ0) is 23.9. The summed E-state index contributed by atoms with van der Waals surface area (Å²) in [5.74, 6) is -0.160. The van der Waals surface area contributed by atoms with Gasteiger partial charge in [0, 0.05) is 37.4 Å². The molecule has 0 radical (unpaired) electrons. The van der Waals surface area contributed by atoms with Crippen LogP contribution in [-0.4, -0.2) is 64.6 Å². The van der Waals surface area contributed by atoms with E-state index in [1.807, 2.05) is 13.0 Å². The maximum atomic E-state index is 13.1. The molecule has 4 heterocycles. The van der Waals surface area contributed by atoms with Crippen LogP contribution in [0.25, 0.3) is 11.0 Å². The van der Waals surface area contributed by atoms with Crippen LogP contribution in [0.1, 0.15) is 21.7 Å². The number of carbonyl (C=O) groups is 1. The molecule has 176 valence electrons. The third-order valence-electron chi connectivity index (χ3n) is 5.74. The molecule has 1 aliphatic rings. The fraction of sp³-hybridized carbons (Fsp3) is 0.261. The molecule has 11 heteroatoms. The van der Waals surface area contributed by atoms with Crippen molar-refractivity contribution in [3.05, 3.63) is 65.7 Å². The van der Waals surface area contributed by atoms with Gasteiger partial charge < -0.3 is 15.0 Å². The number of carbonyl (C=O) groups excluding carboxylic acids is 1. The zero-order valence-electron chi connectivity index (χ0n) is 18.8. The van der Waals surface area contributed by atoms with E-state index in [9.17, 15) is 13.2 Å². The molecule has 0 atom stereocenters. The molecule has 1 fully saturated rings. The Balaban J connectivity index is 1.44. The summed E-state index contributed by atoms with van der Waals surface area (Å²) in [6.45, 7) is 3.28. The number of sulfonamides is 1. The Kier molecular flexibility index (Phi) is 5.68. The number of benzene rings is 1. The minimum Gasteiger partial charge on any atom is -0.379 e. The maximum Gasteiger partial charge on any atom is 0.243 e. The second-order valence-electron chi connectivity index (χ2n) is 8.12. The largest absolute Gasteiger partial charge is 0.379 e. The molecule has 0 aliphatic carbocycles. The number of ether oxygens (including phenoxy) is 1. The van der Waals surface area contributed by atoms with Crippen molar-refractivity contribution in [2.45, 2.75) is 11.8 Å². The highest BCUT2D eigenvalue weighted by atomic mass is 32.2. The first kappa shape index (κ1) is 22.3. The number of aryl methyl sites for hydroxylation is 2. The summed E-state index contributed by atoms with van der Waals surface area (Å²) < 4.78 is 34.3. The highest BCUT2D eigenvalue weighted by Gasteiger charge is 2.26. The van der Waals surface area contributed by atoms with Gasteiger partial charge in [0.1, 0.15) is 11.3 Å². The maximum absolute atomic E-state index is 13.1. The van der Waals surface area contributed by atoms with Gasteiger partial charge in [0.15, 0.2) is 0 Å². The number of nitrogens with one attached hydrogen (secondary N) is 2. The summed E-state index contributed by atoms with van der Waals surface area (Å²) >= 11 is 0. The van der Waals surface area contributed by atoms with E-state index < -0.39 is 10.0 Å². The second kappa shape index (κ2) is 8.67. The van der Waals surface area contributed by atoms with Crippen LogP contribution in [0.15, 0.2) is 53.7 Å². The minimum absolute atomic E-state index is 0.160. The first-order chi connectivity index (χ1) is 16.3. The van der Waals surface area contributed by atoms with Crippen LogP contribution < -0.4 is 5.32 Å². The average molecular weight is 481 g/mol. The van der Waals surface area contributed by atoms with Crippen LogP contribution in [0.5, 0.6) is 0 Å². The Labute approximate surface area is 196 Å². The third-order valence-corrected chi connectivity index (χ3v) is 7.64. The van der Waals surface area contributed by atoms with Crippen molar-refractivity contribution < 1.29 is 17.9 Å². The molecule has 0 unspecified atom stereocenters. The molecular formula is C23H24N6O4S. The predicted octanol–water partition coefficient (Wildman–Crippen LogP) is 2.60. The van der Waals surface area contributed by atoms with E-state index in [-0.39, 0.29) is 10.7 Å². The molecule has 2 N–H and O–H groups in total. The van der Waals surface area contributed by atoms with E-state index in [2.05, 4.69) is 20.4 Å². The summed E-state index contributed by atoms with van der Waals surface area (Å²) in [6, 6.07) is 10.2. The monoisotopic (exact) mass is 480 g/mol. The fourth-order valence-electron chi connectivity index (χ4n) is 4.06. The van der Waals surface area contributed by atoms with Crippen molar-refractivity contribution in [1.29, 1.82) is 0 Å². The number of aromatic nitrogens is 4. The van der Waals surface area contributed by atoms with E-state index >= 15 is 0 Å². The number of aromatic amines is 1. The number of hydrogen-bond acceptors (Lipinski definition) is 7. The third kappa shape index (κ3) is 4.09. The van der Waals surface area contributed by atoms with Gasteiger partial charge in [0.25, 0.3) is 0 Å². The first-order valence-corrected chi connectivity index (χ1v) is 12.2. The number of fused-ring (bicyclic) bond motifs is 1. The van der Waals surface area contributed by atoms with Gasteiger partial charge in [-0.05, 0) is 37.3 Å². The van der Waals surface area contributed by atoms with Crippen molar-refractivity contribution in [2.75, 3.05) is 31.6 Å². The van der Waals surface area contributed by atoms with Crippen molar-refractivity contribution >= 4 is 38.2 Å². The molecule has 1 aliphatic heterocycles. The van der Waals surface area contributed by atoms with E-state index in [1.54, 1.807) is 54.5 Å². The second-order valence-corrected chi connectivity index (χ2v) is 10.1. The molecule has 34 heavy (non-hydrogen) atoms. The minimum atomic E-state index is -3.61. The van der Waals surface area contributed by atoms with Crippen LogP contribution in [0.3, 0.4) is 0 Å². The van der Waals surface area contributed by atoms with Gasteiger partial charge in [-0.2, -0.15) is 9.40 Å². The van der Waals surface area contributed by atoms with Gasteiger partial charge in [-0.3, -0.25) is 9.48 Å². The summed E-state index contributed by atoms with van der Waals surface area (Å²) in [6.07, 6.45) is 3.27. The summed E-state index contributed by atoms with van der Waals surface area (Å²) in [5, 5.41) is 8.12. The SMILES string of the molecule is Cc1cc(C(=O)c2c[nH]c3ncc(Nc4cccc(S(=O)(=O)N5CCOCC5)c4)cc23)n(C)n1. The van der Waals surface area contributed by atoms with Crippen molar-refractivity contribution in [3.8, 4) is 0 Å². The Bertz CT molecular complexity index is 1480. The molecule has 4 aromatic rings. The molecule has 1 aromatic carbocycles. The number of pyridine rings is 1. The van der Waals surface area contributed by atoms with Gasteiger partial charge in [0.2, 0.25) is 15.8 Å². The van der Waals surface area contributed by atoms with Gasteiger partial charge in [-0.15, -0.1) is 0 Å². The quantitative estimate of drug-likeness (QED) is 0.407. The summed E-state index contributed by atoms with van der Waals surface area (Å²) in [5.41, 5.74) is 3.54. The lowest BCUT2D eigenvalue weighted by atomic mass is 10.1. The molecular weight excluding hydrogens is 456 g/mol. The van der Waals surface area contributed by atoms with E-state index in [0.717, 1.165) is 5.69 Å². The van der Waals surface area contributed by atoms with Crippen LogP contribution in [-0.2, 0) is 21.8 Å². The van der Waals surface area contributed by atoms with Gasteiger partial charge >= 0.3 is 0 Å². The Morgan fingerprint density at radius 1 is 1.15 bits per heavy atom. The molecule has 5 rings (SSSR count). The van der Waals surface area contributed by atoms with Crippen molar-refractivity contribution in [1.82, 2.24) is 24.1 Å². The number of nitrogens with zero attached hydrogens (tertiary/aromatic N) is 4. The van der Waals surface area contributed by atoms with Crippen LogP contribution >= 0.6 is 0 Å². The highest BCUT2D eigenvalue weighted by molar-refractivity contribution is 7.89. The van der Waals surface area contributed by atoms with Gasteiger partial charge in [0.05, 0.1) is 41.3 Å². The van der Waals surface area contributed by atoms with Gasteiger partial charge in [-0.1, -0.05) is 6.07 Å². The number of rotatable bonds is 6. The lowest BCUT2D eigenvalue weighted by Crippen LogP contribution is -2.40. The number of morpholine rings is 1. The van der Waals surface area contributed by atoms with E-state index in [0.29, 0.717) is 60.0 Å². The molecule has 1 saturated heterocycles. The Morgan fingerprint density at radius 2 is 1.94 bits per heavy atom. The summed E-state index contributed by atoms with van der Waals surface area (Å²) in [4.78, 5) is 20.8. The average Bonchev–Trinajstić information content (AvgIpc) is 3.41. The standard InChI is InChI=1S/C23H24N6O4S/c1-15-10-21(28(2)27-15)22(30)20-14-25-23-19(20)12-17(13-24-23)26-16-4-3-5-18(11-16)34(31,32)29-6-8-33-9-7-29/h3-5,10-14,26H,6-9H2,1-2H3,(H,24,25). The molecule has 10 nitrogen and oxygen atoms in total. The Hall–Kier alpha value is -3.54. The van der Waals surface area contributed by atoms with Crippen LogP contribution in [0.4, 0.5) is 11.4 Å². The van der Waals surface area contributed by atoms with Gasteiger partial charge in [-0.25, -0.2) is 13.4 Å². The predicted molar refractivity (Wildman–Crippen MR) is 127 cm³/mol. The van der Waals surface area contributed by atoms with Crippen molar-refractivity contribution in [3.63, 3.8) is 0 Å². The smallest absolute Gasteiger partial charge is 0.243 e. The number of anilines is 2. The van der Waals surface area contributed by atoms with Crippen LogP contribution in [0.2, 0.25) is 0 Å². The zero-order valence-corrected chi connectivity index (χ0v) is 19.6. The lowest BCUT2D eigenvalue weighted by Gasteiger charge is -2.26. The fourth-order valence-corrected chi connectivity index (χ4v) is 5.51. The van der Waals surface area contributed by atoms with E-state index in [1.165, 1.54) is 4.31 Å². The number of hydrogen-bond donors (Lipinski definition) is 2. The van der Waals surface area contributed by atoms with E-state index in [4.69, 9.17) is 4.74 Å². The van der Waals surface area contributed by atoms with Crippen LogP contribution in [0, 0.1) is 6.92 Å². The molecule has 3 aromatic heterocycles. The Morgan fingerprint density at radius 3 is 2.68 bits per heavy atom. The summed E-state index contributed by atoms with van der Waals surface area (Å²) in [7, 11) is -1.88. The molecule has 0 amide bonds.